The molecule has 3 rings (SSSR count). The Labute approximate surface area is 113 Å². The van der Waals surface area contributed by atoms with Gasteiger partial charge in [0, 0.05) is 5.75 Å². The van der Waals surface area contributed by atoms with Crippen LogP contribution in [0.2, 0.25) is 0 Å². The van der Waals surface area contributed by atoms with Crippen molar-refractivity contribution in [3.8, 4) is 5.69 Å². The molecule has 98 valence electrons. The van der Waals surface area contributed by atoms with Crippen LogP contribution in [0.25, 0.3) is 5.69 Å². The van der Waals surface area contributed by atoms with Crippen molar-refractivity contribution in [2.75, 3.05) is 12.3 Å². The Balaban J connectivity index is 1.69. The molecule has 1 atom stereocenters. The van der Waals surface area contributed by atoms with Crippen molar-refractivity contribution >= 4 is 17.9 Å². The van der Waals surface area contributed by atoms with Gasteiger partial charge >= 0.3 is 6.09 Å². The molecule has 1 aromatic carbocycles. The van der Waals surface area contributed by atoms with E-state index in [0.29, 0.717) is 17.5 Å². The van der Waals surface area contributed by atoms with Crippen molar-refractivity contribution in [2.24, 2.45) is 0 Å². The molecular formula is C11H11N5O2S. The Kier molecular flexibility index (Phi) is 3.32. The smallest absolute Gasteiger partial charge is 0.407 e. The summed E-state index contributed by atoms with van der Waals surface area (Å²) in [6, 6.07) is 9.64. The van der Waals surface area contributed by atoms with Gasteiger partial charge < -0.3 is 10.1 Å². The van der Waals surface area contributed by atoms with Crippen molar-refractivity contribution in [2.45, 2.75) is 11.3 Å². The molecule has 7 nitrogen and oxygen atoms in total. The largest absolute Gasteiger partial charge is 0.443 e. The Bertz CT molecular complexity index is 573. The maximum absolute atomic E-state index is 10.9. The summed E-state index contributed by atoms with van der Waals surface area (Å²) in [5, 5.41) is 14.9. The fourth-order valence-corrected chi connectivity index (χ4v) is 2.57. The molecule has 0 radical (unpaired) electrons. The topological polar surface area (TPSA) is 81.9 Å². The summed E-state index contributed by atoms with van der Waals surface area (Å²) in [6.07, 6.45) is -0.508. The maximum atomic E-state index is 10.9. The molecule has 8 heteroatoms. The Morgan fingerprint density at radius 2 is 2.26 bits per heavy atom. The van der Waals surface area contributed by atoms with Crippen LogP contribution < -0.4 is 5.32 Å². The lowest BCUT2D eigenvalue weighted by Crippen LogP contribution is -2.17. The first kappa shape index (κ1) is 12.0. The fraction of sp³-hybridized carbons (Fsp3) is 0.273. The van der Waals surface area contributed by atoms with E-state index < -0.39 is 0 Å². The molecular weight excluding hydrogens is 266 g/mol. The molecule has 1 amide bonds. The molecule has 1 aliphatic heterocycles. The molecule has 2 aromatic rings. The predicted octanol–water partition coefficient (Wildman–Crippen LogP) is 0.863. The van der Waals surface area contributed by atoms with Crippen molar-refractivity contribution in [1.82, 2.24) is 25.5 Å². The molecule has 1 saturated heterocycles. The van der Waals surface area contributed by atoms with Gasteiger partial charge in [-0.15, -0.1) is 5.10 Å². The van der Waals surface area contributed by atoms with E-state index in [1.54, 1.807) is 4.68 Å². The summed E-state index contributed by atoms with van der Waals surface area (Å²) < 4.78 is 6.72. The van der Waals surface area contributed by atoms with E-state index in [-0.39, 0.29) is 12.2 Å². The van der Waals surface area contributed by atoms with Crippen LogP contribution in [0.1, 0.15) is 0 Å². The van der Waals surface area contributed by atoms with Gasteiger partial charge in [0.25, 0.3) is 0 Å². The highest BCUT2D eigenvalue weighted by Gasteiger charge is 2.23. The van der Waals surface area contributed by atoms with Gasteiger partial charge in [0.2, 0.25) is 5.16 Å². The number of hydrogen-bond donors (Lipinski definition) is 1. The molecule has 19 heavy (non-hydrogen) atoms. The molecule has 0 spiro atoms. The van der Waals surface area contributed by atoms with E-state index in [1.165, 1.54) is 11.8 Å². The van der Waals surface area contributed by atoms with Gasteiger partial charge in [0.15, 0.2) is 0 Å². The minimum absolute atomic E-state index is 0.140. The minimum atomic E-state index is -0.367. The average molecular weight is 277 g/mol. The monoisotopic (exact) mass is 277 g/mol. The standard InChI is InChI=1S/C11H11N5O2S/c17-11-12-6-9(18-11)7-19-10-13-14-15-16(10)8-4-2-1-3-5-8/h1-5,9H,6-7H2,(H,12,17)/t9-/m1/s1. The zero-order valence-corrected chi connectivity index (χ0v) is 10.7. The molecule has 1 aromatic heterocycles. The fourth-order valence-electron chi connectivity index (χ4n) is 1.69. The van der Waals surface area contributed by atoms with Crippen LogP contribution in [-0.2, 0) is 4.74 Å². The molecule has 0 saturated carbocycles. The number of thioether (sulfide) groups is 1. The lowest BCUT2D eigenvalue weighted by atomic mass is 10.3. The number of carbonyl (C=O) groups excluding carboxylic acids is 1. The van der Waals surface area contributed by atoms with E-state index >= 15 is 0 Å². The van der Waals surface area contributed by atoms with Gasteiger partial charge in [-0.05, 0) is 22.6 Å². The highest BCUT2D eigenvalue weighted by atomic mass is 32.2. The number of benzene rings is 1. The number of nitrogens with one attached hydrogen (secondary N) is 1. The second kappa shape index (κ2) is 5.27. The van der Waals surface area contributed by atoms with Gasteiger partial charge in [-0.25, -0.2) is 4.79 Å². The van der Waals surface area contributed by atoms with E-state index in [0.717, 1.165) is 5.69 Å². The number of alkyl carbamates (subject to hydrolysis) is 1. The second-order valence-corrected chi connectivity index (χ2v) is 4.92. The van der Waals surface area contributed by atoms with Crippen molar-refractivity contribution in [1.29, 1.82) is 0 Å². The molecule has 1 N–H and O–H groups in total. The average Bonchev–Trinajstić information content (AvgIpc) is 3.06. The first-order valence-corrected chi connectivity index (χ1v) is 6.72. The van der Waals surface area contributed by atoms with Crippen LogP contribution in [0.4, 0.5) is 4.79 Å². The third-order valence-corrected chi connectivity index (χ3v) is 3.64. The summed E-state index contributed by atoms with van der Waals surface area (Å²) in [4.78, 5) is 10.9. The number of aromatic nitrogens is 4. The summed E-state index contributed by atoms with van der Waals surface area (Å²) in [5.74, 6) is 0.617. The summed E-state index contributed by atoms with van der Waals surface area (Å²) >= 11 is 1.46. The van der Waals surface area contributed by atoms with E-state index in [9.17, 15) is 4.79 Å². The number of hydrogen-bond acceptors (Lipinski definition) is 6. The number of rotatable bonds is 4. The molecule has 0 unspecified atom stereocenters. The van der Waals surface area contributed by atoms with Crippen molar-refractivity contribution < 1.29 is 9.53 Å². The number of tetrazole rings is 1. The third kappa shape index (κ3) is 2.68. The first-order valence-electron chi connectivity index (χ1n) is 5.74. The molecule has 0 aliphatic carbocycles. The number of nitrogens with zero attached hydrogens (tertiary/aromatic N) is 4. The van der Waals surface area contributed by atoms with Crippen molar-refractivity contribution in [3.05, 3.63) is 30.3 Å². The lowest BCUT2D eigenvalue weighted by molar-refractivity contribution is 0.150. The van der Waals surface area contributed by atoms with Crippen LogP contribution in [0.15, 0.2) is 35.5 Å². The predicted molar refractivity (Wildman–Crippen MR) is 68.1 cm³/mol. The molecule has 2 heterocycles. The zero-order valence-electron chi connectivity index (χ0n) is 9.89. The highest BCUT2D eigenvalue weighted by Crippen LogP contribution is 2.20. The molecule has 0 bridgehead atoms. The Morgan fingerprint density at radius 3 is 3.00 bits per heavy atom. The summed E-state index contributed by atoms with van der Waals surface area (Å²) in [5.41, 5.74) is 0.900. The Hall–Kier alpha value is -2.09. The normalized spacial score (nSPS) is 18.1. The van der Waals surface area contributed by atoms with Crippen LogP contribution in [0.5, 0.6) is 0 Å². The zero-order chi connectivity index (χ0) is 13.1. The quantitative estimate of drug-likeness (QED) is 0.835. The third-order valence-electron chi connectivity index (χ3n) is 2.59. The minimum Gasteiger partial charge on any atom is -0.443 e. The number of para-hydroxylation sites is 1. The number of carbonyl (C=O) groups is 1. The van der Waals surface area contributed by atoms with Gasteiger partial charge in [0.05, 0.1) is 12.2 Å². The first-order chi connectivity index (χ1) is 9.33. The summed E-state index contributed by atoms with van der Waals surface area (Å²) in [6.45, 7) is 0.527. The molecule has 1 fully saturated rings. The van der Waals surface area contributed by atoms with Gasteiger partial charge in [-0.3, -0.25) is 0 Å². The van der Waals surface area contributed by atoms with Crippen LogP contribution in [0, 0.1) is 0 Å². The van der Waals surface area contributed by atoms with Gasteiger partial charge in [0.1, 0.15) is 6.10 Å². The van der Waals surface area contributed by atoms with Crippen LogP contribution >= 0.6 is 11.8 Å². The number of amides is 1. The van der Waals surface area contributed by atoms with E-state index in [4.69, 9.17) is 4.74 Å². The van der Waals surface area contributed by atoms with Crippen LogP contribution in [0.3, 0.4) is 0 Å². The Morgan fingerprint density at radius 1 is 1.42 bits per heavy atom. The number of ether oxygens (including phenoxy) is 1. The molecule has 1 aliphatic rings. The highest BCUT2D eigenvalue weighted by molar-refractivity contribution is 7.99. The summed E-state index contributed by atoms with van der Waals surface area (Å²) in [7, 11) is 0. The van der Waals surface area contributed by atoms with E-state index in [1.807, 2.05) is 30.3 Å². The van der Waals surface area contributed by atoms with Gasteiger partial charge in [-0.2, -0.15) is 4.68 Å². The van der Waals surface area contributed by atoms with E-state index in [2.05, 4.69) is 20.8 Å². The second-order valence-electron chi connectivity index (χ2n) is 3.93. The van der Waals surface area contributed by atoms with Crippen molar-refractivity contribution in [3.63, 3.8) is 0 Å². The maximum Gasteiger partial charge on any atom is 0.407 e. The SMILES string of the molecule is O=C1NC[C@H](CSc2nnnn2-c2ccccc2)O1. The number of cyclic esters (lactones) is 1. The lowest BCUT2D eigenvalue weighted by Gasteiger charge is -2.07. The van der Waals surface area contributed by atoms with Crippen LogP contribution in [-0.4, -0.2) is 44.7 Å². The van der Waals surface area contributed by atoms with Gasteiger partial charge in [-0.1, -0.05) is 30.0 Å².